The Morgan fingerprint density at radius 1 is 1.25 bits per heavy atom. The maximum atomic E-state index is 14.8. The summed E-state index contributed by atoms with van der Waals surface area (Å²) in [6.45, 7) is 7.17. The highest BCUT2D eigenvalue weighted by molar-refractivity contribution is 5.82. The van der Waals surface area contributed by atoms with E-state index >= 15 is 0 Å². The molecule has 0 fully saturated rings. The highest BCUT2D eigenvalue weighted by Crippen LogP contribution is 2.35. The second-order valence-electron chi connectivity index (χ2n) is 7.70. The molecule has 1 unspecified atom stereocenters. The van der Waals surface area contributed by atoms with Crippen molar-refractivity contribution in [2.45, 2.75) is 46.5 Å². The molecule has 1 aliphatic heterocycles. The minimum absolute atomic E-state index is 0.0150. The lowest BCUT2D eigenvalue weighted by atomic mass is 9.93. The molecule has 28 heavy (non-hydrogen) atoms. The highest BCUT2D eigenvalue weighted by atomic mass is 19.4. The number of halogens is 4. The summed E-state index contributed by atoms with van der Waals surface area (Å²) < 4.78 is 62.5. The van der Waals surface area contributed by atoms with Crippen LogP contribution >= 0.6 is 0 Å². The fourth-order valence-electron chi connectivity index (χ4n) is 2.81. The number of nitrogens with zero attached hydrogens (tertiary/aromatic N) is 3. The van der Waals surface area contributed by atoms with Crippen LogP contribution in [-0.2, 0) is 17.5 Å². The van der Waals surface area contributed by atoms with Crippen LogP contribution in [0.4, 0.5) is 17.6 Å². The quantitative estimate of drug-likeness (QED) is 0.675. The number of alkyl halides is 3. The van der Waals surface area contributed by atoms with Crippen LogP contribution in [0.3, 0.4) is 0 Å². The second-order valence-corrected chi connectivity index (χ2v) is 7.70. The van der Waals surface area contributed by atoms with E-state index in [9.17, 15) is 22.4 Å². The number of amides is 1. The molecule has 1 aromatic heterocycles. The molecule has 10 heteroatoms. The second kappa shape index (κ2) is 6.75. The van der Waals surface area contributed by atoms with E-state index in [0.29, 0.717) is 0 Å². The summed E-state index contributed by atoms with van der Waals surface area (Å²) >= 11 is 0. The summed E-state index contributed by atoms with van der Waals surface area (Å²) in [5.74, 6) is -2.68. The summed E-state index contributed by atoms with van der Waals surface area (Å²) in [6.07, 6.45) is -4.80. The van der Waals surface area contributed by atoms with E-state index in [1.807, 2.05) is 0 Å². The van der Waals surface area contributed by atoms with Crippen LogP contribution in [0.25, 0.3) is 11.4 Å². The first-order valence-corrected chi connectivity index (χ1v) is 8.55. The zero-order valence-electron chi connectivity index (χ0n) is 15.7. The minimum Gasteiger partial charge on any atom is -0.491 e. The van der Waals surface area contributed by atoms with Crippen LogP contribution in [0.2, 0.25) is 0 Å². The summed E-state index contributed by atoms with van der Waals surface area (Å²) in [7, 11) is 0. The number of benzene rings is 1. The maximum Gasteiger partial charge on any atom is 0.471 e. The first-order chi connectivity index (χ1) is 12.9. The molecular weight excluding hydrogens is 382 g/mol. The van der Waals surface area contributed by atoms with Crippen molar-refractivity contribution in [1.82, 2.24) is 15.0 Å². The van der Waals surface area contributed by atoms with Gasteiger partial charge in [-0.3, -0.25) is 4.79 Å². The number of fused-ring (bicyclic) bond motifs is 1. The van der Waals surface area contributed by atoms with Crippen molar-refractivity contribution in [3.63, 3.8) is 0 Å². The van der Waals surface area contributed by atoms with Gasteiger partial charge in [0, 0.05) is 16.5 Å². The fourth-order valence-corrected chi connectivity index (χ4v) is 2.81. The van der Waals surface area contributed by atoms with Crippen molar-refractivity contribution in [1.29, 1.82) is 0 Å². The van der Waals surface area contributed by atoms with E-state index in [1.165, 1.54) is 11.0 Å². The third-order valence-corrected chi connectivity index (χ3v) is 4.32. The molecule has 1 atom stereocenters. The summed E-state index contributed by atoms with van der Waals surface area (Å²) in [6, 6.07) is 2.04. The number of hydrogen-bond donors (Lipinski definition) is 0. The van der Waals surface area contributed by atoms with Gasteiger partial charge in [-0.2, -0.15) is 18.2 Å². The van der Waals surface area contributed by atoms with Gasteiger partial charge in [0.05, 0.1) is 12.6 Å². The van der Waals surface area contributed by atoms with Crippen molar-refractivity contribution in [2.24, 2.45) is 5.41 Å². The zero-order valence-corrected chi connectivity index (χ0v) is 15.7. The maximum absolute atomic E-state index is 14.8. The first-order valence-electron chi connectivity index (χ1n) is 8.55. The number of rotatable bonds is 1. The normalized spacial score (nSPS) is 17.7. The lowest BCUT2D eigenvalue weighted by Gasteiger charge is -2.32. The van der Waals surface area contributed by atoms with Crippen LogP contribution in [0.5, 0.6) is 5.75 Å². The Kier molecular flexibility index (Phi) is 4.84. The van der Waals surface area contributed by atoms with Crippen molar-refractivity contribution >= 4 is 5.91 Å². The molecule has 0 saturated heterocycles. The van der Waals surface area contributed by atoms with E-state index in [4.69, 9.17) is 4.74 Å². The molecule has 0 N–H and O–H groups in total. The summed E-state index contributed by atoms with van der Waals surface area (Å²) in [5.41, 5.74) is -0.530. The van der Waals surface area contributed by atoms with E-state index in [0.717, 1.165) is 6.07 Å². The van der Waals surface area contributed by atoms with Crippen LogP contribution in [0, 0.1) is 11.2 Å². The third-order valence-electron chi connectivity index (χ3n) is 4.32. The van der Waals surface area contributed by atoms with E-state index in [-0.39, 0.29) is 42.0 Å². The van der Waals surface area contributed by atoms with E-state index < -0.39 is 29.1 Å². The molecule has 0 saturated carbocycles. The van der Waals surface area contributed by atoms with Gasteiger partial charge in [0.15, 0.2) is 0 Å². The van der Waals surface area contributed by atoms with Crippen LogP contribution in [0.1, 0.15) is 39.1 Å². The molecule has 0 spiro atoms. The van der Waals surface area contributed by atoms with Crippen LogP contribution in [0.15, 0.2) is 16.7 Å². The van der Waals surface area contributed by atoms with Gasteiger partial charge in [0.25, 0.3) is 0 Å². The number of ether oxygens (including phenoxy) is 1. The lowest BCUT2D eigenvalue weighted by molar-refractivity contribution is -0.159. The Balaban J connectivity index is 1.98. The van der Waals surface area contributed by atoms with Crippen molar-refractivity contribution < 1.29 is 31.6 Å². The number of carbonyl (C=O) groups excluding carboxylic acids is 1. The predicted octanol–water partition coefficient (Wildman–Crippen LogP) is 4.05. The molecule has 2 aromatic rings. The Labute approximate surface area is 158 Å². The highest BCUT2D eigenvalue weighted by Gasteiger charge is 2.39. The molecule has 0 aliphatic carbocycles. The molecule has 1 aromatic carbocycles. The van der Waals surface area contributed by atoms with Crippen LogP contribution < -0.4 is 4.74 Å². The zero-order chi connectivity index (χ0) is 20.9. The van der Waals surface area contributed by atoms with E-state index in [2.05, 4.69) is 14.7 Å². The van der Waals surface area contributed by atoms with Gasteiger partial charge in [-0.05, 0) is 19.1 Å². The Bertz CT molecular complexity index is 902. The Morgan fingerprint density at radius 2 is 1.93 bits per heavy atom. The van der Waals surface area contributed by atoms with Crippen LogP contribution in [-0.4, -0.2) is 33.6 Å². The molecule has 1 amide bonds. The fraction of sp³-hybridized carbons (Fsp3) is 0.500. The first kappa shape index (κ1) is 20.1. The molecule has 0 radical (unpaired) electrons. The summed E-state index contributed by atoms with van der Waals surface area (Å²) in [4.78, 5) is 17.5. The largest absolute Gasteiger partial charge is 0.491 e. The predicted molar refractivity (Wildman–Crippen MR) is 89.7 cm³/mol. The lowest BCUT2D eigenvalue weighted by Crippen LogP contribution is -2.45. The number of carbonyl (C=O) groups is 1. The molecule has 1 aliphatic rings. The number of hydrogen-bond acceptors (Lipinski definition) is 5. The third kappa shape index (κ3) is 3.81. The smallest absolute Gasteiger partial charge is 0.471 e. The molecule has 2 heterocycles. The van der Waals surface area contributed by atoms with Crippen molar-refractivity contribution in [3.05, 3.63) is 29.4 Å². The van der Waals surface area contributed by atoms with Gasteiger partial charge in [-0.1, -0.05) is 25.9 Å². The van der Waals surface area contributed by atoms with Gasteiger partial charge < -0.3 is 14.2 Å². The molecule has 3 rings (SSSR count). The molecular formula is C18H19F4N3O3. The standard InChI is InChI=1S/C18H19F4N3O3/c1-9-8-27-13-6-10(14-23-15(28-24-14)18(20,21)22)5-12(19)11(13)7-25(9)16(26)17(2,3)4/h5-6,9H,7-8H2,1-4H3. The van der Waals surface area contributed by atoms with Gasteiger partial charge in [-0.25, -0.2) is 4.39 Å². The van der Waals surface area contributed by atoms with Gasteiger partial charge in [-0.15, -0.1) is 0 Å². The molecule has 0 bridgehead atoms. The Morgan fingerprint density at radius 3 is 2.50 bits per heavy atom. The average Bonchev–Trinajstić information content (AvgIpc) is 3.01. The van der Waals surface area contributed by atoms with Crippen molar-refractivity contribution in [3.8, 4) is 17.1 Å². The minimum atomic E-state index is -4.80. The van der Waals surface area contributed by atoms with Gasteiger partial charge in [0.1, 0.15) is 18.2 Å². The SMILES string of the molecule is CC1COc2cc(-c3noc(C(F)(F)F)n3)cc(F)c2CN1C(=O)C(C)(C)C. The molecule has 152 valence electrons. The summed E-state index contributed by atoms with van der Waals surface area (Å²) in [5, 5.41) is 3.26. The van der Waals surface area contributed by atoms with E-state index in [1.54, 1.807) is 27.7 Å². The van der Waals surface area contributed by atoms with Crippen molar-refractivity contribution in [2.75, 3.05) is 6.61 Å². The molecule has 6 nitrogen and oxygen atoms in total. The topological polar surface area (TPSA) is 68.5 Å². The average molecular weight is 401 g/mol. The number of aromatic nitrogens is 2. The monoisotopic (exact) mass is 401 g/mol. The van der Waals surface area contributed by atoms with Gasteiger partial charge in [0.2, 0.25) is 11.7 Å². The Hall–Kier alpha value is -2.65. The van der Waals surface area contributed by atoms with Gasteiger partial charge >= 0.3 is 12.1 Å².